The monoisotopic (exact) mass is 408 g/mol. The third kappa shape index (κ3) is 4.65. The van der Waals surface area contributed by atoms with Crippen LogP contribution in [0.2, 0.25) is 0 Å². The van der Waals surface area contributed by atoms with E-state index in [1.54, 1.807) is 6.92 Å². The molecule has 1 aliphatic carbocycles. The Balaban J connectivity index is 2.44. The van der Waals surface area contributed by atoms with Gasteiger partial charge >= 0.3 is 5.97 Å². The van der Waals surface area contributed by atoms with E-state index >= 15 is 0 Å². The van der Waals surface area contributed by atoms with Gasteiger partial charge in [-0.05, 0) is 32.1 Å². The standard InChI is InChI=1S/C22H36N2O5/c1-5-9-12-23-20(26)19-16-11-10-14(6-2)17(22(28)29-8-4)18(16)21(27)24(19)15(7-3)13-25/h10-11,14-19,25H,5-9,12-13H2,1-4H3,(H,23,26)/t14-,15+,16+,17-,18+,19+/m1/s1. The molecule has 1 aliphatic heterocycles. The quantitative estimate of drug-likeness (QED) is 0.327. The van der Waals surface area contributed by atoms with Gasteiger partial charge in [0.15, 0.2) is 0 Å². The summed E-state index contributed by atoms with van der Waals surface area (Å²) >= 11 is 0. The van der Waals surface area contributed by atoms with Gasteiger partial charge in [-0.1, -0.05) is 39.3 Å². The lowest BCUT2D eigenvalue weighted by molar-refractivity contribution is -0.156. The van der Waals surface area contributed by atoms with Crippen LogP contribution in [-0.2, 0) is 19.1 Å². The minimum absolute atomic E-state index is 0.0998. The van der Waals surface area contributed by atoms with E-state index in [2.05, 4.69) is 5.32 Å². The first-order valence-corrected chi connectivity index (χ1v) is 11.0. The Morgan fingerprint density at radius 2 is 1.97 bits per heavy atom. The Morgan fingerprint density at radius 3 is 2.52 bits per heavy atom. The van der Waals surface area contributed by atoms with E-state index in [-0.39, 0.29) is 36.9 Å². The molecule has 0 aromatic rings. The number of hydrogen-bond donors (Lipinski definition) is 2. The Bertz CT molecular complexity index is 616. The first-order chi connectivity index (χ1) is 14.0. The van der Waals surface area contributed by atoms with Crippen molar-refractivity contribution < 1.29 is 24.2 Å². The van der Waals surface area contributed by atoms with Crippen molar-refractivity contribution in [3.8, 4) is 0 Å². The zero-order valence-electron chi connectivity index (χ0n) is 18.1. The number of nitrogens with zero attached hydrogens (tertiary/aromatic N) is 1. The highest BCUT2D eigenvalue weighted by molar-refractivity contribution is 5.96. The number of fused-ring (bicyclic) bond motifs is 1. The molecule has 2 rings (SSSR count). The topological polar surface area (TPSA) is 95.9 Å². The minimum Gasteiger partial charge on any atom is -0.466 e. The molecular formula is C22H36N2O5. The number of esters is 1. The maximum atomic E-state index is 13.5. The molecule has 2 amide bonds. The lowest BCUT2D eigenvalue weighted by Gasteiger charge is -2.33. The van der Waals surface area contributed by atoms with Gasteiger partial charge in [0.1, 0.15) is 6.04 Å². The molecule has 0 radical (unpaired) electrons. The Labute approximate surface area is 173 Å². The molecule has 0 aromatic carbocycles. The van der Waals surface area contributed by atoms with Gasteiger partial charge in [0, 0.05) is 12.5 Å². The SMILES string of the molecule is CCCCNC(=O)[C@@H]1[C@H]2C=C[C@@H](CC)[C@@H](C(=O)OCC)[C@H]2C(=O)N1[C@@H](CC)CO. The fourth-order valence-corrected chi connectivity index (χ4v) is 4.70. The smallest absolute Gasteiger partial charge is 0.310 e. The fraction of sp³-hybridized carbons (Fsp3) is 0.773. The van der Waals surface area contributed by atoms with Crippen molar-refractivity contribution in [1.82, 2.24) is 10.2 Å². The van der Waals surface area contributed by atoms with Gasteiger partial charge in [0.2, 0.25) is 11.8 Å². The first-order valence-electron chi connectivity index (χ1n) is 11.0. The molecule has 0 aromatic heterocycles. The number of hydrogen-bond acceptors (Lipinski definition) is 5. The molecule has 1 fully saturated rings. The van der Waals surface area contributed by atoms with E-state index in [9.17, 15) is 19.5 Å². The average molecular weight is 409 g/mol. The number of likely N-dealkylation sites (tertiary alicyclic amines) is 1. The van der Waals surface area contributed by atoms with Crippen LogP contribution in [-0.4, -0.2) is 59.6 Å². The van der Waals surface area contributed by atoms with E-state index in [0.29, 0.717) is 19.4 Å². The van der Waals surface area contributed by atoms with Gasteiger partial charge in [0.25, 0.3) is 0 Å². The number of nitrogens with one attached hydrogen (secondary N) is 1. The molecule has 0 saturated carbocycles. The summed E-state index contributed by atoms with van der Waals surface area (Å²) in [5.41, 5.74) is 0. The molecule has 29 heavy (non-hydrogen) atoms. The predicted octanol–water partition coefficient (Wildman–Crippen LogP) is 1.89. The Morgan fingerprint density at radius 1 is 1.24 bits per heavy atom. The van der Waals surface area contributed by atoms with Gasteiger partial charge in [-0.3, -0.25) is 14.4 Å². The van der Waals surface area contributed by atoms with E-state index in [1.807, 2.05) is 32.9 Å². The van der Waals surface area contributed by atoms with E-state index in [1.165, 1.54) is 4.90 Å². The second-order valence-electron chi connectivity index (χ2n) is 7.92. The van der Waals surface area contributed by atoms with Gasteiger partial charge in [-0.25, -0.2) is 0 Å². The predicted molar refractivity (Wildman–Crippen MR) is 110 cm³/mol. The molecule has 0 bridgehead atoms. The van der Waals surface area contributed by atoms with Crippen LogP contribution in [0.4, 0.5) is 0 Å². The largest absolute Gasteiger partial charge is 0.466 e. The molecule has 2 aliphatic rings. The van der Waals surface area contributed by atoms with Gasteiger partial charge in [-0.2, -0.15) is 0 Å². The molecule has 7 nitrogen and oxygen atoms in total. The van der Waals surface area contributed by atoms with E-state index in [4.69, 9.17) is 4.74 Å². The van der Waals surface area contributed by atoms with Crippen molar-refractivity contribution in [2.24, 2.45) is 23.7 Å². The van der Waals surface area contributed by atoms with Crippen LogP contribution in [0, 0.1) is 23.7 Å². The third-order valence-corrected chi connectivity index (χ3v) is 6.25. The maximum Gasteiger partial charge on any atom is 0.310 e. The molecule has 0 unspecified atom stereocenters. The van der Waals surface area contributed by atoms with Crippen LogP contribution >= 0.6 is 0 Å². The Hall–Kier alpha value is -1.89. The molecule has 164 valence electrons. The van der Waals surface area contributed by atoms with Gasteiger partial charge in [0.05, 0.1) is 31.1 Å². The zero-order chi connectivity index (χ0) is 21.6. The zero-order valence-corrected chi connectivity index (χ0v) is 18.1. The highest BCUT2D eigenvalue weighted by Gasteiger charge is 2.58. The summed E-state index contributed by atoms with van der Waals surface area (Å²) in [5.74, 6) is -2.56. The van der Waals surface area contributed by atoms with Crippen LogP contribution in [0.25, 0.3) is 0 Å². The van der Waals surface area contributed by atoms with Crippen LogP contribution in [0.1, 0.15) is 53.4 Å². The van der Waals surface area contributed by atoms with Crippen molar-refractivity contribution >= 4 is 17.8 Å². The normalized spacial score (nSPS) is 29.5. The van der Waals surface area contributed by atoms with E-state index < -0.39 is 29.8 Å². The highest BCUT2D eigenvalue weighted by atomic mass is 16.5. The second kappa shape index (κ2) is 10.8. The Kier molecular flexibility index (Phi) is 8.68. The number of allylic oxidation sites excluding steroid dienone is 1. The molecule has 6 atom stereocenters. The minimum atomic E-state index is -0.715. The van der Waals surface area contributed by atoms with Crippen LogP contribution in [0.3, 0.4) is 0 Å². The van der Waals surface area contributed by atoms with Crippen molar-refractivity contribution in [2.45, 2.75) is 65.5 Å². The number of amides is 2. The number of unbranched alkanes of at least 4 members (excludes halogenated alkanes) is 1. The summed E-state index contributed by atoms with van der Waals surface area (Å²) < 4.78 is 5.30. The van der Waals surface area contributed by atoms with Gasteiger partial charge in [-0.15, -0.1) is 0 Å². The second-order valence-corrected chi connectivity index (χ2v) is 7.92. The van der Waals surface area contributed by atoms with Crippen molar-refractivity contribution in [3.05, 3.63) is 12.2 Å². The number of carbonyl (C=O) groups is 3. The van der Waals surface area contributed by atoms with Gasteiger partial charge < -0.3 is 20.1 Å². The summed E-state index contributed by atoms with van der Waals surface area (Å²) in [4.78, 5) is 40.9. The number of carbonyl (C=O) groups excluding carboxylic acids is 3. The lowest BCUT2D eigenvalue weighted by Crippen LogP contribution is -2.52. The number of aliphatic hydroxyl groups is 1. The van der Waals surface area contributed by atoms with Crippen LogP contribution < -0.4 is 5.32 Å². The molecule has 1 heterocycles. The number of aliphatic hydroxyl groups excluding tert-OH is 1. The third-order valence-electron chi connectivity index (χ3n) is 6.25. The number of rotatable bonds is 10. The highest BCUT2D eigenvalue weighted by Crippen LogP contribution is 2.46. The summed E-state index contributed by atoms with van der Waals surface area (Å²) in [6.45, 7) is 8.24. The molecule has 2 N–H and O–H groups in total. The van der Waals surface area contributed by atoms with Crippen LogP contribution in [0.15, 0.2) is 12.2 Å². The van der Waals surface area contributed by atoms with Crippen LogP contribution in [0.5, 0.6) is 0 Å². The molecule has 0 spiro atoms. The molecular weight excluding hydrogens is 372 g/mol. The number of ether oxygens (including phenoxy) is 1. The summed E-state index contributed by atoms with van der Waals surface area (Å²) in [7, 11) is 0. The van der Waals surface area contributed by atoms with E-state index in [0.717, 1.165) is 12.8 Å². The first kappa shape index (κ1) is 23.4. The summed E-state index contributed by atoms with van der Waals surface area (Å²) in [6.07, 6.45) is 6.95. The fourth-order valence-electron chi connectivity index (χ4n) is 4.70. The molecule has 7 heteroatoms. The van der Waals surface area contributed by atoms with Crippen molar-refractivity contribution in [3.63, 3.8) is 0 Å². The maximum absolute atomic E-state index is 13.5. The van der Waals surface area contributed by atoms with Crippen molar-refractivity contribution in [2.75, 3.05) is 19.8 Å². The summed E-state index contributed by atoms with van der Waals surface area (Å²) in [5, 5.41) is 12.8. The van der Waals surface area contributed by atoms with Crippen molar-refractivity contribution in [1.29, 1.82) is 0 Å². The average Bonchev–Trinajstić information content (AvgIpc) is 3.01. The lowest BCUT2D eigenvalue weighted by atomic mass is 9.69. The summed E-state index contributed by atoms with van der Waals surface area (Å²) in [6, 6.07) is -1.17. The molecule has 1 saturated heterocycles.